The summed E-state index contributed by atoms with van der Waals surface area (Å²) in [5.74, 6) is 2.74. The topological polar surface area (TPSA) is 92.1 Å². The van der Waals surface area contributed by atoms with E-state index in [0.717, 1.165) is 29.8 Å². The molecule has 1 aromatic carbocycles. The van der Waals surface area contributed by atoms with Gasteiger partial charge >= 0.3 is 0 Å². The van der Waals surface area contributed by atoms with Gasteiger partial charge in [-0.1, -0.05) is 12.6 Å². The summed E-state index contributed by atoms with van der Waals surface area (Å²) < 4.78 is 5.70. The highest BCUT2D eigenvalue weighted by atomic mass is 16.5. The molecule has 8 nitrogen and oxygen atoms in total. The minimum Gasteiger partial charge on any atom is -0.496 e. The zero-order chi connectivity index (χ0) is 21.1. The van der Waals surface area contributed by atoms with Gasteiger partial charge in [-0.05, 0) is 50.3 Å². The van der Waals surface area contributed by atoms with Crippen LogP contribution in [-0.2, 0) is 0 Å². The SMILES string of the molecule is [C-]#[N+]c1cnc(Nc2cc(-c3ccc(C4C[C@H](C)N[C@@H](C)C4)cc3OC)[nH]n2)cn1. The van der Waals surface area contributed by atoms with Gasteiger partial charge in [-0.2, -0.15) is 5.10 Å². The fraction of sp³-hybridized carbons (Fsp3) is 0.364. The number of benzene rings is 1. The Balaban J connectivity index is 1.54. The molecule has 2 aromatic heterocycles. The largest absolute Gasteiger partial charge is 0.496 e. The van der Waals surface area contributed by atoms with E-state index in [4.69, 9.17) is 11.3 Å². The second kappa shape index (κ2) is 8.51. The Hall–Kier alpha value is -3.44. The van der Waals surface area contributed by atoms with Crippen LogP contribution >= 0.6 is 0 Å². The predicted octanol–water partition coefficient (Wildman–Crippen LogP) is 4.41. The van der Waals surface area contributed by atoms with E-state index in [9.17, 15) is 0 Å². The van der Waals surface area contributed by atoms with E-state index in [1.807, 2.05) is 6.07 Å². The molecular weight excluding hydrogens is 378 g/mol. The smallest absolute Gasteiger partial charge is 0.288 e. The van der Waals surface area contributed by atoms with E-state index in [1.165, 1.54) is 18.0 Å². The van der Waals surface area contributed by atoms with Crippen LogP contribution in [0.25, 0.3) is 16.1 Å². The van der Waals surface area contributed by atoms with Gasteiger partial charge in [0, 0.05) is 23.7 Å². The zero-order valence-corrected chi connectivity index (χ0v) is 17.3. The van der Waals surface area contributed by atoms with Crippen molar-refractivity contribution in [3.8, 4) is 17.0 Å². The molecule has 1 fully saturated rings. The monoisotopic (exact) mass is 403 g/mol. The molecular formula is C22H25N7O. The third kappa shape index (κ3) is 4.26. The second-order valence-corrected chi connectivity index (χ2v) is 7.76. The first-order valence-electron chi connectivity index (χ1n) is 10.0. The third-order valence-corrected chi connectivity index (χ3v) is 5.42. The molecule has 0 aliphatic carbocycles. The van der Waals surface area contributed by atoms with Crippen molar-refractivity contribution in [3.63, 3.8) is 0 Å². The quantitative estimate of drug-likeness (QED) is 0.547. The van der Waals surface area contributed by atoms with Crippen molar-refractivity contribution in [3.05, 3.63) is 53.6 Å². The van der Waals surface area contributed by atoms with Gasteiger partial charge < -0.3 is 20.2 Å². The highest BCUT2D eigenvalue weighted by molar-refractivity contribution is 5.71. The summed E-state index contributed by atoms with van der Waals surface area (Å²) in [6, 6.07) is 9.35. The van der Waals surface area contributed by atoms with E-state index < -0.39 is 0 Å². The molecule has 0 radical (unpaired) electrons. The van der Waals surface area contributed by atoms with Gasteiger partial charge in [-0.25, -0.2) is 4.98 Å². The van der Waals surface area contributed by atoms with Crippen LogP contribution in [0.1, 0.15) is 38.2 Å². The molecule has 0 bridgehead atoms. The van der Waals surface area contributed by atoms with Crippen molar-refractivity contribution in [1.82, 2.24) is 25.5 Å². The first-order valence-corrected chi connectivity index (χ1v) is 10.0. The lowest BCUT2D eigenvalue weighted by atomic mass is 9.83. The molecule has 3 heterocycles. The molecule has 8 heteroatoms. The Kier molecular flexibility index (Phi) is 5.63. The number of hydrogen-bond acceptors (Lipinski definition) is 6. The number of hydrogen-bond donors (Lipinski definition) is 3. The molecule has 0 amide bonds. The van der Waals surface area contributed by atoms with Crippen molar-refractivity contribution >= 4 is 17.5 Å². The number of ether oxygens (including phenoxy) is 1. The Morgan fingerprint density at radius 3 is 2.57 bits per heavy atom. The van der Waals surface area contributed by atoms with Crippen molar-refractivity contribution < 1.29 is 4.74 Å². The number of nitrogens with one attached hydrogen (secondary N) is 3. The molecule has 3 aromatic rings. The summed E-state index contributed by atoms with van der Waals surface area (Å²) in [6.45, 7) is 11.4. The fourth-order valence-electron chi connectivity index (χ4n) is 4.13. The minimum absolute atomic E-state index is 0.255. The van der Waals surface area contributed by atoms with Gasteiger partial charge in [0.2, 0.25) is 0 Å². The van der Waals surface area contributed by atoms with Gasteiger partial charge in [0.1, 0.15) is 5.75 Å². The Morgan fingerprint density at radius 2 is 1.90 bits per heavy atom. The zero-order valence-electron chi connectivity index (χ0n) is 17.3. The first kappa shape index (κ1) is 19.9. The molecule has 4 rings (SSSR count). The van der Waals surface area contributed by atoms with Gasteiger partial charge in [-0.3, -0.25) is 5.10 Å². The molecule has 1 aliphatic heterocycles. The average Bonchev–Trinajstić information content (AvgIpc) is 3.21. The molecule has 1 aliphatic rings. The first-order chi connectivity index (χ1) is 14.6. The summed E-state index contributed by atoms with van der Waals surface area (Å²) in [4.78, 5) is 11.4. The molecule has 3 N–H and O–H groups in total. The predicted molar refractivity (Wildman–Crippen MR) is 116 cm³/mol. The maximum atomic E-state index is 6.94. The molecule has 30 heavy (non-hydrogen) atoms. The van der Waals surface area contributed by atoms with Crippen molar-refractivity contribution in [1.29, 1.82) is 0 Å². The normalized spacial score (nSPS) is 21.1. The Morgan fingerprint density at radius 1 is 1.10 bits per heavy atom. The molecule has 0 unspecified atom stereocenters. The lowest BCUT2D eigenvalue weighted by Gasteiger charge is -2.33. The van der Waals surface area contributed by atoms with E-state index >= 15 is 0 Å². The number of aromatic amines is 1. The van der Waals surface area contributed by atoms with Gasteiger partial charge in [-0.15, -0.1) is 4.98 Å². The summed E-state index contributed by atoms with van der Waals surface area (Å²) >= 11 is 0. The lowest BCUT2D eigenvalue weighted by Crippen LogP contribution is -2.41. The van der Waals surface area contributed by atoms with Crippen molar-refractivity contribution in [2.45, 2.75) is 44.7 Å². The Bertz CT molecular complexity index is 1040. The summed E-state index contributed by atoms with van der Waals surface area (Å²) in [7, 11) is 1.69. The van der Waals surface area contributed by atoms with Crippen LogP contribution in [0.2, 0.25) is 0 Å². The van der Waals surface area contributed by atoms with E-state index in [0.29, 0.717) is 29.6 Å². The van der Waals surface area contributed by atoms with Crippen LogP contribution < -0.4 is 15.4 Å². The van der Waals surface area contributed by atoms with E-state index in [-0.39, 0.29) is 5.82 Å². The average molecular weight is 403 g/mol. The molecule has 2 atom stereocenters. The number of methoxy groups -OCH3 is 1. The number of nitrogens with zero attached hydrogens (tertiary/aromatic N) is 4. The van der Waals surface area contributed by atoms with E-state index in [2.05, 4.69) is 67.7 Å². The van der Waals surface area contributed by atoms with Crippen LogP contribution in [0.4, 0.5) is 17.5 Å². The van der Waals surface area contributed by atoms with E-state index in [1.54, 1.807) is 7.11 Å². The van der Waals surface area contributed by atoms with Crippen LogP contribution in [-0.4, -0.2) is 39.4 Å². The standard InChI is InChI=1S/C22H25N7O/c1-13-7-16(8-14(2)26-13)15-5-6-17(19(9-15)30-4)18-10-20(29-28-18)27-22-12-24-21(23-3)11-25-22/h5-6,9-14,16,26H,7-8H2,1-2,4H3,(H2,25,27,28,29)/t13-,14-/m0/s1. The number of anilines is 2. The highest BCUT2D eigenvalue weighted by Gasteiger charge is 2.25. The molecule has 0 saturated carbocycles. The number of aromatic nitrogens is 4. The van der Waals surface area contributed by atoms with Gasteiger partial charge in [0.05, 0.1) is 19.0 Å². The minimum atomic E-state index is 0.255. The summed E-state index contributed by atoms with van der Waals surface area (Å²) in [5.41, 5.74) is 3.11. The molecule has 1 saturated heterocycles. The Labute approximate surface area is 175 Å². The van der Waals surface area contributed by atoms with Crippen LogP contribution in [0.5, 0.6) is 5.75 Å². The van der Waals surface area contributed by atoms with Gasteiger partial charge in [0.15, 0.2) is 17.8 Å². The fourth-order valence-corrected chi connectivity index (χ4v) is 4.13. The van der Waals surface area contributed by atoms with Crippen molar-refractivity contribution in [2.75, 3.05) is 12.4 Å². The van der Waals surface area contributed by atoms with Crippen LogP contribution in [0.15, 0.2) is 36.7 Å². The van der Waals surface area contributed by atoms with Crippen LogP contribution in [0, 0.1) is 6.57 Å². The number of rotatable bonds is 5. The third-order valence-electron chi connectivity index (χ3n) is 5.42. The maximum absolute atomic E-state index is 6.94. The number of H-pyrrole nitrogens is 1. The molecule has 0 spiro atoms. The maximum Gasteiger partial charge on any atom is 0.288 e. The number of piperidine rings is 1. The highest BCUT2D eigenvalue weighted by Crippen LogP contribution is 2.37. The summed E-state index contributed by atoms with van der Waals surface area (Å²) in [6.07, 6.45) is 5.18. The van der Waals surface area contributed by atoms with Crippen molar-refractivity contribution in [2.24, 2.45) is 0 Å². The summed E-state index contributed by atoms with van der Waals surface area (Å²) in [5, 5.41) is 14.1. The van der Waals surface area contributed by atoms with Crippen LogP contribution in [0.3, 0.4) is 0 Å². The van der Waals surface area contributed by atoms with Gasteiger partial charge in [0.25, 0.3) is 5.82 Å². The molecule has 154 valence electrons. The lowest BCUT2D eigenvalue weighted by molar-refractivity contribution is 0.316. The second-order valence-electron chi connectivity index (χ2n) is 7.76.